The van der Waals surface area contributed by atoms with Gasteiger partial charge in [0.05, 0.1) is 24.3 Å². The molecule has 0 amide bonds. The van der Waals surface area contributed by atoms with Gasteiger partial charge in [-0.05, 0) is 28.1 Å². The van der Waals surface area contributed by atoms with Crippen molar-refractivity contribution < 1.29 is 28.1 Å². The Labute approximate surface area is 123 Å². The second-order valence-electron chi connectivity index (χ2n) is 4.18. The summed E-state index contributed by atoms with van der Waals surface area (Å²) in [7, 11) is -4.44. The highest BCUT2D eigenvalue weighted by atomic mass is 79.9. The van der Waals surface area contributed by atoms with Gasteiger partial charge < -0.3 is 21.1 Å². The first kappa shape index (κ1) is 17.3. The molecule has 6 N–H and O–H groups in total. The van der Waals surface area contributed by atoms with E-state index in [1.165, 1.54) is 6.07 Å². The molecule has 0 saturated heterocycles. The van der Waals surface area contributed by atoms with Crippen molar-refractivity contribution in [1.29, 1.82) is 0 Å². The number of benzene rings is 1. The van der Waals surface area contributed by atoms with Crippen LogP contribution in [0.15, 0.2) is 21.5 Å². The predicted molar refractivity (Wildman–Crippen MR) is 72.8 cm³/mol. The van der Waals surface area contributed by atoms with Gasteiger partial charge in [-0.3, -0.25) is 0 Å². The fourth-order valence-corrected chi connectivity index (χ4v) is 3.49. The van der Waals surface area contributed by atoms with Gasteiger partial charge in [0.1, 0.15) is 10.4 Å². The minimum absolute atomic E-state index is 0.00115. The second-order valence-corrected chi connectivity index (χ2v) is 6.68. The standard InChI is InChI=1S/C10H14BrFN2O5S/c11-7-1-6(13)2-8(9(7)12)20(18,19)14-10(3-15,4-16)5-17/h1-2,14-17H,3-5,13H2. The summed E-state index contributed by atoms with van der Waals surface area (Å²) < 4.78 is 39.8. The molecule has 0 saturated carbocycles. The van der Waals surface area contributed by atoms with Crippen LogP contribution >= 0.6 is 15.9 Å². The van der Waals surface area contributed by atoms with Crippen LogP contribution in [0.2, 0.25) is 0 Å². The van der Waals surface area contributed by atoms with Gasteiger partial charge in [-0.2, -0.15) is 4.72 Å². The molecule has 0 spiro atoms. The predicted octanol–water partition coefficient (Wildman–Crippen LogP) is -0.836. The maximum atomic E-state index is 13.9. The highest BCUT2D eigenvalue weighted by molar-refractivity contribution is 9.10. The molecule has 1 aromatic rings. The molecule has 0 fully saturated rings. The Morgan fingerprint density at radius 3 is 2.20 bits per heavy atom. The van der Waals surface area contributed by atoms with Gasteiger partial charge in [0.2, 0.25) is 10.0 Å². The van der Waals surface area contributed by atoms with Crippen LogP contribution in [0.3, 0.4) is 0 Å². The first-order valence-corrected chi connectivity index (χ1v) is 7.60. The van der Waals surface area contributed by atoms with Crippen LogP contribution in [0, 0.1) is 5.82 Å². The van der Waals surface area contributed by atoms with Gasteiger partial charge in [0, 0.05) is 5.69 Å². The molecular weight excluding hydrogens is 359 g/mol. The minimum atomic E-state index is -4.44. The minimum Gasteiger partial charge on any atom is -0.399 e. The Morgan fingerprint density at radius 2 is 1.75 bits per heavy atom. The maximum Gasteiger partial charge on any atom is 0.244 e. The van der Waals surface area contributed by atoms with Crippen molar-refractivity contribution in [2.45, 2.75) is 10.4 Å². The summed E-state index contributed by atoms with van der Waals surface area (Å²) in [6.07, 6.45) is 0. The summed E-state index contributed by atoms with van der Waals surface area (Å²) in [6, 6.07) is 2.07. The van der Waals surface area contributed by atoms with E-state index in [1.54, 1.807) is 0 Å². The lowest BCUT2D eigenvalue weighted by atomic mass is 10.1. The van der Waals surface area contributed by atoms with Gasteiger partial charge in [-0.15, -0.1) is 0 Å². The number of hydrogen-bond acceptors (Lipinski definition) is 6. The van der Waals surface area contributed by atoms with Crippen molar-refractivity contribution in [3.05, 3.63) is 22.4 Å². The molecule has 0 aromatic heterocycles. The van der Waals surface area contributed by atoms with Crippen LogP contribution < -0.4 is 10.5 Å². The molecule has 0 atom stereocenters. The highest BCUT2D eigenvalue weighted by Gasteiger charge is 2.35. The van der Waals surface area contributed by atoms with Crippen molar-refractivity contribution in [3.63, 3.8) is 0 Å². The molecule has 1 rings (SSSR count). The van der Waals surface area contributed by atoms with E-state index in [9.17, 15) is 12.8 Å². The van der Waals surface area contributed by atoms with Crippen molar-refractivity contribution in [2.75, 3.05) is 25.6 Å². The third kappa shape index (κ3) is 3.45. The molecule has 10 heteroatoms. The zero-order valence-electron chi connectivity index (χ0n) is 10.2. The Bertz CT molecular complexity index is 583. The number of anilines is 1. The number of aliphatic hydroxyl groups excluding tert-OH is 3. The third-order valence-corrected chi connectivity index (χ3v) is 4.72. The molecule has 20 heavy (non-hydrogen) atoms. The van der Waals surface area contributed by atoms with E-state index < -0.39 is 46.1 Å². The highest BCUT2D eigenvalue weighted by Crippen LogP contribution is 2.26. The molecule has 0 aliphatic heterocycles. The number of nitrogens with two attached hydrogens (primary N) is 1. The van der Waals surface area contributed by atoms with Crippen LogP contribution in [0.5, 0.6) is 0 Å². The molecule has 1 aromatic carbocycles. The first-order chi connectivity index (χ1) is 9.21. The maximum absolute atomic E-state index is 13.9. The molecule has 0 heterocycles. The summed E-state index contributed by atoms with van der Waals surface area (Å²) in [5, 5.41) is 27.3. The molecular formula is C10H14BrFN2O5S. The van der Waals surface area contributed by atoms with Crippen molar-refractivity contribution in [1.82, 2.24) is 4.72 Å². The third-order valence-electron chi connectivity index (χ3n) is 2.57. The Kier molecular flexibility index (Phi) is 5.46. The summed E-state index contributed by atoms with van der Waals surface area (Å²) >= 11 is 2.82. The van der Waals surface area contributed by atoms with E-state index in [-0.39, 0.29) is 10.2 Å². The molecule has 0 radical (unpaired) electrons. The summed E-state index contributed by atoms with van der Waals surface area (Å²) in [5.41, 5.74) is 3.55. The molecule has 7 nitrogen and oxygen atoms in total. The number of sulfonamides is 1. The van der Waals surface area contributed by atoms with Crippen molar-refractivity contribution in [2.24, 2.45) is 0 Å². The number of nitrogens with one attached hydrogen (secondary N) is 1. The topological polar surface area (TPSA) is 133 Å². The van der Waals surface area contributed by atoms with Gasteiger partial charge in [0.25, 0.3) is 0 Å². The SMILES string of the molecule is Nc1cc(Br)c(F)c(S(=O)(=O)NC(CO)(CO)CO)c1. The lowest BCUT2D eigenvalue weighted by Crippen LogP contribution is -2.56. The Hall–Kier alpha value is -0.780. The van der Waals surface area contributed by atoms with Crippen LogP contribution in [0.4, 0.5) is 10.1 Å². The largest absolute Gasteiger partial charge is 0.399 e. The fourth-order valence-electron chi connectivity index (χ4n) is 1.37. The molecule has 0 aliphatic carbocycles. The zero-order valence-corrected chi connectivity index (χ0v) is 12.6. The lowest BCUT2D eigenvalue weighted by Gasteiger charge is -2.28. The number of aliphatic hydroxyl groups is 3. The smallest absolute Gasteiger partial charge is 0.244 e. The van der Waals surface area contributed by atoms with E-state index in [4.69, 9.17) is 21.1 Å². The van der Waals surface area contributed by atoms with E-state index in [2.05, 4.69) is 15.9 Å². The summed E-state index contributed by atoms with van der Waals surface area (Å²) in [5.74, 6) is -1.07. The van der Waals surface area contributed by atoms with Crippen molar-refractivity contribution in [3.8, 4) is 0 Å². The molecule has 0 aliphatic rings. The molecule has 0 unspecified atom stereocenters. The van der Waals surface area contributed by atoms with Gasteiger partial charge in [-0.1, -0.05) is 0 Å². The normalized spacial score (nSPS) is 12.7. The quantitative estimate of drug-likeness (QED) is 0.413. The van der Waals surface area contributed by atoms with Crippen LogP contribution in [0.1, 0.15) is 0 Å². The number of halogens is 2. The monoisotopic (exact) mass is 372 g/mol. The van der Waals surface area contributed by atoms with E-state index >= 15 is 0 Å². The van der Waals surface area contributed by atoms with Crippen molar-refractivity contribution >= 4 is 31.6 Å². The van der Waals surface area contributed by atoms with E-state index in [1.807, 2.05) is 4.72 Å². The Balaban J connectivity index is 3.31. The van der Waals surface area contributed by atoms with Gasteiger partial charge in [0.15, 0.2) is 5.82 Å². The van der Waals surface area contributed by atoms with E-state index in [0.29, 0.717) is 0 Å². The van der Waals surface area contributed by atoms with Gasteiger partial charge in [-0.25, -0.2) is 12.8 Å². The van der Waals surface area contributed by atoms with Crippen LogP contribution in [-0.4, -0.2) is 49.1 Å². The average Bonchev–Trinajstić information content (AvgIpc) is 2.40. The number of hydrogen-bond donors (Lipinski definition) is 5. The molecule has 0 bridgehead atoms. The number of rotatable bonds is 6. The lowest BCUT2D eigenvalue weighted by molar-refractivity contribution is 0.0581. The second kappa shape index (κ2) is 6.33. The Morgan fingerprint density at radius 1 is 1.25 bits per heavy atom. The van der Waals surface area contributed by atoms with E-state index in [0.717, 1.165) is 6.07 Å². The van der Waals surface area contributed by atoms with Gasteiger partial charge >= 0.3 is 0 Å². The fraction of sp³-hybridized carbons (Fsp3) is 0.400. The summed E-state index contributed by atoms with van der Waals surface area (Å²) in [6.45, 7) is -2.61. The van der Waals surface area contributed by atoms with Crippen LogP contribution in [0.25, 0.3) is 0 Å². The zero-order chi connectivity index (χ0) is 15.6. The van der Waals surface area contributed by atoms with Crippen LogP contribution in [-0.2, 0) is 10.0 Å². The number of nitrogen functional groups attached to an aromatic ring is 1. The molecule has 114 valence electrons. The summed E-state index contributed by atoms with van der Waals surface area (Å²) in [4.78, 5) is -0.760. The average molecular weight is 373 g/mol. The first-order valence-electron chi connectivity index (χ1n) is 5.32.